The maximum absolute atomic E-state index is 12.0. The van der Waals surface area contributed by atoms with Crippen molar-refractivity contribution in [3.8, 4) is 0 Å². The zero-order valence-corrected chi connectivity index (χ0v) is 19.9. The Morgan fingerprint density at radius 1 is 0.903 bits per heavy atom. The van der Waals surface area contributed by atoms with E-state index in [9.17, 15) is 14.9 Å². The number of amides is 1. The molecule has 1 N–H and O–H groups in total. The Labute approximate surface area is 188 Å². The summed E-state index contributed by atoms with van der Waals surface area (Å²) < 4.78 is 1.38. The van der Waals surface area contributed by atoms with E-state index in [1.54, 1.807) is 6.92 Å². The number of unbranched alkanes of at least 4 members (excludes halogenated alkanes) is 15. The number of carbonyl (C=O) groups is 1. The third-order valence-electron chi connectivity index (χ3n) is 5.92. The maximum Gasteiger partial charge on any atom is 0.309 e. The molecule has 0 unspecified atom stereocenters. The van der Waals surface area contributed by atoms with E-state index >= 15 is 0 Å². The Kier molecular flexibility index (Phi) is 15.5. The first-order chi connectivity index (χ1) is 15.1. The summed E-state index contributed by atoms with van der Waals surface area (Å²) in [7, 11) is 0. The first-order valence-corrected chi connectivity index (χ1v) is 12.5. The van der Waals surface area contributed by atoms with E-state index in [1.165, 1.54) is 101 Å². The molecular formula is C24H44N4O3. The van der Waals surface area contributed by atoms with Gasteiger partial charge in [-0.1, -0.05) is 103 Å². The number of aromatic nitrogens is 2. The monoisotopic (exact) mass is 436 g/mol. The molecule has 0 saturated heterocycles. The van der Waals surface area contributed by atoms with Crippen molar-refractivity contribution in [2.24, 2.45) is 0 Å². The summed E-state index contributed by atoms with van der Waals surface area (Å²) in [6.45, 7) is 4.55. The van der Waals surface area contributed by atoms with Crippen molar-refractivity contribution < 1.29 is 9.72 Å². The van der Waals surface area contributed by atoms with Crippen LogP contribution in [-0.4, -0.2) is 27.2 Å². The standard InChI is InChI=1S/C24H44N4O3/c1-3-4-5-6-7-8-9-10-11-12-13-14-15-16-17-18-19-25-24(29)21-27-22(2)23(20-26-27)28(30)31/h20H,3-19,21H2,1-2H3,(H,25,29). The number of nitrogens with one attached hydrogen (secondary N) is 1. The highest BCUT2D eigenvalue weighted by molar-refractivity contribution is 5.75. The number of nitro groups is 1. The Morgan fingerprint density at radius 2 is 1.35 bits per heavy atom. The number of nitrogens with zero attached hydrogens (tertiary/aromatic N) is 3. The molecule has 1 rings (SSSR count). The first-order valence-electron chi connectivity index (χ1n) is 12.5. The predicted molar refractivity (Wildman–Crippen MR) is 126 cm³/mol. The molecule has 0 aliphatic carbocycles. The average Bonchev–Trinajstić information content (AvgIpc) is 3.10. The van der Waals surface area contributed by atoms with Gasteiger partial charge in [-0.05, 0) is 13.3 Å². The van der Waals surface area contributed by atoms with Crippen LogP contribution in [0.5, 0.6) is 0 Å². The van der Waals surface area contributed by atoms with Gasteiger partial charge in [0, 0.05) is 6.54 Å². The van der Waals surface area contributed by atoms with Gasteiger partial charge >= 0.3 is 5.69 Å². The van der Waals surface area contributed by atoms with E-state index in [2.05, 4.69) is 17.3 Å². The van der Waals surface area contributed by atoms with Gasteiger partial charge in [-0.3, -0.25) is 19.6 Å². The van der Waals surface area contributed by atoms with Crippen molar-refractivity contribution in [3.63, 3.8) is 0 Å². The quantitative estimate of drug-likeness (QED) is 0.144. The second-order valence-corrected chi connectivity index (χ2v) is 8.68. The highest BCUT2D eigenvalue weighted by atomic mass is 16.6. The fourth-order valence-corrected chi connectivity index (χ4v) is 3.87. The Bertz CT molecular complexity index is 616. The van der Waals surface area contributed by atoms with E-state index in [1.807, 2.05) is 0 Å². The Morgan fingerprint density at radius 3 is 1.77 bits per heavy atom. The summed E-state index contributed by atoms with van der Waals surface area (Å²) in [6, 6.07) is 0. The van der Waals surface area contributed by atoms with Crippen LogP contribution in [0.15, 0.2) is 6.20 Å². The fourth-order valence-electron chi connectivity index (χ4n) is 3.87. The molecule has 7 nitrogen and oxygen atoms in total. The van der Waals surface area contributed by atoms with Crippen LogP contribution in [0.25, 0.3) is 0 Å². The lowest BCUT2D eigenvalue weighted by atomic mass is 10.0. The fraction of sp³-hybridized carbons (Fsp3) is 0.833. The van der Waals surface area contributed by atoms with Gasteiger partial charge in [-0.2, -0.15) is 5.10 Å². The molecule has 0 atom stereocenters. The van der Waals surface area contributed by atoms with Crippen molar-refractivity contribution in [2.45, 2.75) is 123 Å². The van der Waals surface area contributed by atoms with Crippen molar-refractivity contribution in [2.75, 3.05) is 6.54 Å². The maximum atomic E-state index is 12.0. The van der Waals surface area contributed by atoms with Gasteiger partial charge in [0.15, 0.2) is 0 Å². The third kappa shape index (κ3) is 13.2. The predicted octanol–water partition coefficient (Wildman–Crippen LogP) is 6.48. The van der Waals surface area contributed by atoms with Crippen LogP contribution in [-0.2, 0) is 11.3 Å². The Hall–Kier alpha value is -1.92. The molecule has 1 aromatic heterocycles. The van der Waals surface area contributed by atoms with Crippen LogP contribution >= 0.6 is 0 Å². The van der Waals surface area contributed by atoms with E-state index in [0.717, 1.165) is 12.8 Å². The summed E-state index contributed by atoms with van der Waals surface area (Å²) >= 11 is 0. The zero-order chi connectivity index (χ0) is 22.7. The van der Waals surface area contributed by atoms with Gasteiger partial charge in [0.25, 0.3) is 0 Å². The molecule has 0 aromatic carbocycles. The summed E-state index contributed by atoms with van der Waals surface area (Å²) in [5.41, 5.74) is 0.355. The van der Waals surface area contributed by atoms with Crippen LogP contribution in [0.1, 0.15) is 115 Å². The molecule has 0 aliphatic heterocycles. The highest BCUT2D eigenvalue weighted by Gasteiger charge is 2.17. The lowest BCUT2D eigenvalue weighted by Crippen LogP contribution is -2.29. The van der Waals surface area contributed by atoms with Gasteiger partial charge < -0.3 is 5.32 Å². The van der Waals surface area contributed by atoms with Gasteiger partial charge in [0.05, 0.1) is 4.92 Å². The molecule has 7 heteroatoms. The van der Waals surface area contributed by atoms with Gasteiger partial charge in [0.1, 0.15) is 18.4 Å². The zero-order valence-electron chi connectivity index (χ0n) is 19.9. The molecule has 31 heavy (non-hydrogen) atoms. The van der Waals surface area contributed by atoms with Crippen molar-refractivity contribution >= 4 is 11.6 Å². The van der Waals surface area contributed by atoms with Crippen molar-refractivity contribution in [1.29, 1.82) is 0 Å². The molecule has 1 amide bonds. The minimum atomic E-state index is -0.479. The molecule has 1 aromatic rings. The SMILES string of the molecule is CCCCCCCCCCCCCCCCCCNC(=O)Cn1ncc([N+](=O)[O-])c1C. The minimum Gasteiger partial charge on any atom is -0.354 e. The summed E-state index contributed by atoms with van der Waals surface area (Å²) in [4.78, 5) is 22.3. The molecule has 0 spiro atoms. The van der Waals surface area contributed by atoms with Gasteiger partial charge in [0.2, 0.25) is 5.91 Å². The average molecular weight is 437 g/mol. The van der Waals surface area contributed by atoms with Gasteiger partial charge in [-0.15, -0.1) is 0 Å². The molecule has 0 radical (unpaired) electrons. The normalized spacial score (nSPS) is 11.0. The summed E-state index contributed by atoms with van der Waals surface area (Å²) in [6.07, 6.45) is 22.5. The lowest BCUT2D eigenvalue weighted by molar-refractivity contribution is -0.385. The third-order valence-corrected chi connectivity index (χ3v) is 5.92. The molecule has 178 valence electrons. The second kappa shape index (κ2) is 17.7. The van der Waals surface area contributed by atoms with E-state index < -0.39 is 4.92 Å². The van der Waals surface area contributed by atoms with Gasteiger partial charge in [-0.25, -0.2) is 0 Å². The molecule has 0 saturated carbocycles. The number of hydrogen-bond acceptors (Lipinski definition) is 4. The van der Waals surface area contributed by atoms with E-state index in [-0.39, 0.29) is 18.1 Å². The molecule has 0 fully saturated rings. The topological polar surface area (TPSA) is 90.1 Å². The number of rotatable bonds is 20. The van der Waals surface area contributed by atoms with Crippen LogP contribution in [0.2, 0.25) is 0 Å². The van der Waals surface area contributed by atoms with Crippen molar-refractivity contribution in [1.82, 2.24) is 15.1 Å². The van der Waals surface area contributed by atoms with Crippen LogP contribution in [0, 0.1) is 17.0 Å². The second-order valence-electron chi connectivity index (χ2n) is 8.68. The number of carbonyl (C=O) groups excluding carboxylic acids is 1. The largest absolute Gasteiger partial charge is 0.354 e. The first kappa shape index (κ1) is 27.1. The summed E-state index contributed by atoms with van der Waals surface area (Å²) in [5.74, 6) is -0.151. The summed E-state index contributed by atoms with van der Waals surface area (Å²) in [5, 5.41) is 17.6. The minimum absolute atomic E-state index is 0.0263. The van der Waals surface area contributed by atoms with Crippen LogP contribution < -0.4 is 5.32 Å². The smallest absolute Gasteiger partial charge is 0.309 e. The molecular weight excluding hydrogens is 392 g/mol. The molecule has 0 aliphatic rings. The number of hydrogen-bond donors (Lipinski definition) is 1. The lowest BCUT2D eigenvalue weighted by Gasteiger charge is -2.06. The molecule has 0 bridgehead atoms. The highest BCUT2D eigenvalue weighted by Crippen LogP contribution is 2.16. The van der Waals surface area contributed by atoms with E-state index in [4.69, 9.17) is 0 Å². The van der Waals surface area contributed by atoms with Crippen molar-refractivity contribution in [3.05, 3.63) is 22.0 Å². The molecule has 1 heterocycles. The van der Waals surface area contributed by atoms with E-state index in [0.29, 0.717) is 12.2 Å². The van der Waals surface area contributed by atoms with Crippen LogP contribution in [0.3, 0.4) is 0 Å². The van der Waals surface area contributed by atoms with Crippen LogP contribution in [0.4, 0.5) is 5.69 Å². The Balaban J connectivity index is 1.86.